The van der Waals surface area contributed by atoms with Crippen LogP contribution in [0.5, 0.6) is 0 Å². The molecule has 0 saturated carbocycles. The summed E-state index contributed by atoms with van der Waals surface area (Å²) in [5, 5.41) is 3.24. The van der Waals surface area contributed by atoms with Gasteiger partial charge >= 0.3 is 0 Å². The number of benzene rings is 1. The van der Waals surface area contributed by atoms with Crippen molar-refractivity contribution in [1.29, 1.82) is 0 Å². The first-order chi connectivity index (χ1) is 10.6. The lowest BCUT2D eigenvalue weighted by Gasteiger charge is -2.32. The summed E-state index contributed by atoms with van der Waals surface area (Å²) >= 11 is 3.37. The molecule has 0 spiro atoms. The van der Waals surface area contributed by atoms with E-state index in [-0.39, 0.29) is 18.3 Å². The topological polar surface area (TPSA) is 49.4 Å². The number of nitrogens with one attached hydrogen (secondary N) is 1. The number of amides is 1. The Labute approximate surface area is 155 Å². The van der Waals surface area contributed by atoms with E-state index in [0.717, 1.165) is 35.3 Å². The maximum absolute atomic E-state index is 12.2. The minimum Gasteiger partial charge on any atom is -0.341 e. The molecule has 0 bridgehead atoms. The molecule has 1 aliphatic rings. The van der Waals surface area contributed by atoms with Gasteiger partial charge in [-0.2, -0.15) is 0 Å². The van der Waals surface area contributed by atoms with Gasteiger partial charge < -0.3 is 10.2 Å². The summed E-state index contributed by atoms with van der Waals surface area (Å²) in [5.41, 5.74) is 0. The highest BCUT2D eigenvalue weighted by Crippen LogP contribution is 2.15. The second-order valence-corrected chi connectivity index (χ2v) is 8.06. The predicted molar refractivity (Wildman–Crippen MR) is 101 cm³/mol. The molecule has 1 heterocycles. The molecule has 1 saturated heterocycles. The van der Waals surface area contributed by atoms with Crippen LogP contribution >= 0.6 is 28.3 Å². The van der Waals surface area contributed by atoms with Gasteiger partial charge in [-0.05, 0) is 50.6 Å². The van der Waals surface area contributed by atoms with E-state index in [4.69, 9.17) is 0 Å². The van der Waals surface area contributed by atoms with Gasteiger partial charge in [0.25, 0.3) is 0 Å². The van der Waals surface area contributed by atoms with E-state index in [0.29, 0.717) is 24.6 Å². The molecule has 2 rings (SSSR count). The molecule has 130 valence electrons. The van der Waals surface area contributed by atoms with E-state index in [1.54, 1.807) is 0 Å². The van der Waals surface area contributed by atoms with Gasteiger partial charge in [0, 0.05) is 40.7 Å². The molecule has 7 heteroatoms. The van der Waals surface area contributed by atoms with Crippen molar-refractivity contribution in [3.63, 3.8) is 0 Å². The van der Waals surface area contributed by atoms with E-state index >= 15 is 0 Å². The van der Waals surface area contributed by atoms with Crippen molar-refractivity contribution in [3.8, 4) is 0 Å². The number of carbonyl (C=O) groups is 1. The molecule has 1 fully saturated rings. The van der Waals surface area contributed by atoms with E-state index in [1.807, 2.05) is 36.2 Å². The zero-order valence-corrected chi connectivity index (χ0v) is 16.5. The van der Waals surface area contributed by atoms with Crippen LogP contribution in [-0.4, -0.2) is 46.9 Å². The summed E-state index contributed by atoms with van der Waals surface area (Å²) in [4.78, 5) is 15.0. The molecule has 0 aromatic heterocycles. The van der Waals surface area contributed by atoms with Crippen LogP contribution in [0.3, 0.4) is 0 Å². The first-order valence-corrected chi connectivity index (χ1v) is 9.80. The quantitative estimate of drug-likeness (QED) is 0.765. The smallest absolute Gasteiger partial charge is 0.222 e. The number of nitrogens with zero attached hydrogens (tertiary/aromatic N) is 1. The number of hydrogen-bond acceptors (Lipinski definition) is 3. The molecule has 23 heavy (non-hydrogen) atoms. The molecular weight excluding hydrogens is 400 g/mol. The summed E-state index contributed by atoms with van der Waals surface area (Å²) in [6.45, 7) is 1.65. The zero-order valence-electron chi connectivity index (χ0n) is 13.3. The van der Waals surface area contributed by atoms with Crippen LogP contribution in [0.15, 0.2) is 33.6 Å². The Morgan fingerprint density at radius 2 is 2.09 bits per heavy atom. The Morgan fingerprint density at radius 1 is 1.39 bits per heavy atom. The van der Waals surface area contributed by atoms with Gasteiger partial charge in [-0.15, -0.1) is 12.4 Å². The van der Waals surface area contributed by atoms with E-state index < -0.39 is 10.8 Å². The number of halogens is 2. The number of hydrogen-bond donors (Lipinski definition) is 1. The molecule has 1 aromatic carbocycles. The lowest BCUT2D eigenvalue weighted by Crippen LogP contribution is -2.46. The van der Waals surface area contributed by atoms with Gasteiger partial charge in [0.05, 0.1) is 10.8 Å². The number of carbonyl (C=O) groups excluding carboxylic acids is 1. The Kier molecular flexibility index (Phi) is 9.36. The van der Waals surface area contributed by atoms with Crippen molar-refractivity contribution >= 4 is 45.0 Å². The van der Waals surface area contributed by atoms with Crippen molar-refractivity contribution in [2.45, 2.75) is 36.6 Å². The third-order valence-electron chi connectivity index (χ3n) is 3.98. The molecule has 1 aliphatic heterocycles. The number of piperidine rings is 1. The molecule has 0 aliphatic carbocycles. The first-order valence-electron chi connectivity index (χ1n) is 7.69. The minimum absolute atomic E-state index is 0. The number of rotatable bonds is 6. The Morgan fingerprint density at radius 3 is 2.74 bits per heavy atom. The fourth-order valence-corrected chi connectivity index (χ4v) is 4.00. The SMILES string of the molecule is CNC1CCCN(C(=O)CCCS(=O)c2ccc(Br)cc2)C1.Cl. The normalized spacial score (nSPS) is 19.0. The van der Waals surface area contributed by atoms with Gasteiger partial charge in [-0.25, -0.2) is 0 Å². The van der Waals surface area contributed by atoms with Gasteiger partial charge in [0.1, 0.15) is 0 Å². The minimum atomic E-state index is -1.03. The van der Waals surface area contributed by atoms with Gasteiger partial charge in [-0.3, -0.25) is 9.00 Å². The maximum atomic E-state index is 12.2. The average molecular weight is 424 g/mol. The summed E-state index contributed by atoms with van der Waals surface area (Å²) in [6, 6.07) is 7.93. The highest BCUT2D eigenvalue weighted by Gasteiger charge is 2.22. The Hall–Kier alpha value is -0.430. The highest BCUT2D eigenvalue weighted by molar-refractivity contribution is 9.10. The fraction of sp³-hybridized carbons (Fsp3) is 0.562. The van der Waals surface area contributed by atoms with Crippen molar-refractivity contribution in [2.75, 3.05) is 25.9 Å². The van der Waals surface area contributed by atoms with E-state index in [9.17, 15) is 9.00 Å². The van der Waals surface area contributed by atoms with Crippen molar-refractivity contribution in [1.82, 2.24) is 10.2 Å². The van der Waals surface area contributed by atoms with Crippen LogP contribution in [0.25, 0.3) is 0 Å². The molecule has 1 amide bonds. The standard InChI is InChI=1S/C16H23BrN2O2S.ClH/c1-18-14-4-2-10-19(12-14)16(20)5-3-11-22(21)15-8-6-13(17)7-9-15;/h6-9,14,18H,2-5,10-12H2,1H3;1H. The van der Waals surface area contributed by atoms with Crippen LogP contribution in [0.1, 0.15) is 25.7 Å². The summed E-state index contributed by atoms with van der Waals surface area (Å²) < 4.78 is 13.2. The molecule has 1 aromatic rings. The lowest BCUT2D eigenvalue weighted by atomic mass is 10.1. The van der Waals surface area contributed by atoms with Gasteiger partial charge in [0.15, 0.2) is 0 Å². The molecule has 2 atom stereocenters. The summed E-state index contributed by atoms with van der Waals surface area (Å²) in [7, 11) is 0.919. The number of likely N-dealkylation sites (N-methyl/N-ethyl adjacent to an activating group) is 1. The average Bonchev–Trinajstić information content (AvgIpc) is 2.55. The van der Waals surface area contributed by atoms with Crippen molar-refractivity contribution in [3.05, 3.63) is 28.7 Å². The molecule has 4 nitrogen and oxygen atoms in total. The van der Waals surface area contributed by atoms with E-state index in [1.165, 1.54) is 0 Å². The maximum Gasteiger partial charge on any atom is 0.222 e. The predicted octanol–water partition coefficient (Wildman–Crippen LogP) is 2.97. The number of likely N-dealkylation sites (tertiary alicyclic amines) is 1. The van der Waals surface area contributed by atoms with E-state index in [2.05, 4.69) is 21.2 Å². The largest absolute Gasteiger partial charge is 0.341 e. The lowest BCUT2D eigenvalue weighted by molar-refractivity contribution is -0.132. The second-order valence-electron chi connectivity index (χ2n) is 5.57. The van der Waals surface area contributed by atoms with Crippen LogP contribution < -0.4 is 5.32 Å². The van der Waals surface area contributed by atoms with Crippen LogP contribution in [0.2, 0.25) is 0 Å². The fourth-order valence-electron chi connectivity index (χ4n) is 2.66. The zero-order chi connectivity index (χ0) is 15.9. The first kappa shape index (κ1) is 20.6. The Balaban J connectivity index is 0.00000264. The van der Waals surface area contributed by atoms with Crippen molar-refractivity contribution < 1.29 is 9.00 Å². The third kappa shape index (κ3) is 6.53. The third-order valence-corrected chi connectivity index (χ3v) is 5.97. The van der Waals surface area contributed by atoms with Crippen LogP contribution in [0.4, 0.5) is 0 Å². The summed E-state index contributed by atoms with van der Waals surface area (Å²) in [6.07, 6.45) is 3.34. The highest BCUT2D eigenvalue weighted by atomic mass is 79.9. The van der Waals surface area contributed by atoms with Gasteiger partial charge in [-0.1, -0.05) is 15.9 Å². The molecular formula is C16H24BrClN2O2S. The van der Waals surface area contributed by atoms with Gasteiger partial charge in [0.2, 0.25) is 5.91 Å². The molecule has 2 unspecified atom stereocenters. The summed E-state index contributed by atoms with van der Waals surface area (Å²) in [5.74, 6) is 0.726. The second kappa shape index (κ2) is 10.4. The monoisotopic (exact) mass is 422 g/mol. The Bertz CT molecular complexity index is 527. The molecule has 0 radical (unpaired) electrons. The van der Waals surface area contributed by atoms with Crippen LogP contribution in [-0.2, 0) is 15.6 Å². The van der Waals surface area contributed by atoms with Crippen molar-refractivity contribution in [2.24, 2.45) is 0 Å². The molecule has 1 N–H and O–H groups in total. The van der Waals surface area contributed by atoms with Crippen LogP contribution in [0, 0.1) is 0 Å².